The van der Waals surface area contributed by atoms with E-state index in [1.54, 1.807) is 18.3 Å². The number of halogens is 1. The third-order valence-electron chi connectivity index (χ3n) is 4.22. The molecular formula is C19H20FN3O3. The molecule has 1 aromatic carbocycles. The van der Waals surface area contributed by atoms with Crippen LogP contribution in [0.25, 0.3) is 11.1 Å². The van der Waals surface area contributed by atoms with Crippen LogP contribution >= 0.6 is 0 Å². The molecule has 0 radical (unpaired) electrons. The molecule has 1 atom stereocenters. The fourth-order valence-corrected chi connectivity index (χ4v) is 2.80. The van der Waals surface area contributed by atoms with E-state index in [9.17, 15) is 14.0 Å². The number of anilines is 1. The summed E-state index contributed by atoms with van der Waals surface area (Å²) in [5.74, 6) is -0.635. The van der Waals surface area contributed by atoms with Crippen LogP contribution in [0.4, 0.5) is 14.9 Å². The normalized spacial score (nSPS) is 16.5. The number of carbonyl (C=O) groups is 2. The zero-order valence-corrected chi connectivity index (χ0v) is 14.7. The first-order chi connectivity index (χ1) is 12.5. The molecule has 1 aromatic heterocycles. The van der Waals surface area contributed by atoms with Crippen molar-refractivity contribution >= 4 is 17.7 Å². The van der Waals surface area contributed by atoms with Crippen molar-refractivity contribution in [2.45, 2.75) is 26.4 Å². The van der Waals surface area contributed by atoms with Gasteiger partial charge in [-0.25, -0.2) is 9.18 Å². The summed E-state index contributed by atoms with van der Waals surface area (Å²) < 4.78 is 19.8. The maximum atomic E-state index is 14.6. The smallest absolute Gasteiger partial charge is 0.414 e. The second kappa shape index (κ2) is 7.51. The molecule has 2 aromatic rings. The summed E-state index contributed by atoms with van der Waals surface area (Å²) in [5, 5.41) is 2.61. The highest BCUT2D eigenvalue weighted by atomic mass is 19.1. The van der Waals surface area contributed by atoms with Crippen LogP contribution in [0.3, 0.4) is 0 Å². The Kier molecular flexibility index (Phi) is 5.16. The highest BCUT2D eigenvalue weighted by Gasteiger charge is 2.32. The van der Waals surface area contributed by atoms with Gasteiger partial charge in [0.15, 0.2) is 0 Å². The number of aryl methyl sites for hydroxylation is 1. The molecule has 1 saturated heterocycles. The highest BCUT2D eigenvalue weighted by Crippen LogP contribution is 2.28. The van der Waals surface area contributed by atoms with Gasteiger partial charge in [-0.2, -0.15) is 0 Å². The molecule has 1 aliphatic rings. The maximum Gasteiger partial charge on any atom is 0.414 e. The zero-order valence-electron chi connectivity index (χ0n) is 14.7. The van der Waals surface area contributed by atoms with Gasteiger partial charge in [0.25, 0.3) is 0 Å². The van der Waals surface area contributed by atoms with E-state index in [0.717, 1.165) is 12.1 Å². The Morgan fingerprint density at radius 3 is 2.81 bits per heavy atom. The SMILES string of the molecule is CCc1ccc(-c2ccc(N3CC(CNC(C)=O)OC3=O)cc2F)cn1. The number of hydrogen-bond acceptors (Lipinski definition) is 4. The van der Waals surface area contributed by atoms with Crippen LogP contribution in [0, 0.1) is 5.82 Å². The fourth-order valence-electron chi connectivity index (χ4n) is 2.80. The molecule has 1 fully saturated rings. The van der Waals surface area contributed by atoms with Crippen molar-refractivity contribution < 1.29 is 18.7 Å². The van der Waals surface area contributed by atoms with Crippen LogP contribution in [0.1, 0.15) is 19.5 Å². The van der Waals surface area contributed by atoms with Crippen molar-refractivity contribution in [1.29, 1.82) is 0 Å². The molecule has 1 aliphatic heterocycles. The molecule has 0 bridgehead atoms. The largest absolute Gasteiger partial charge is 0.442 e. The number of benzene rings is 1. The van der Waals surface area contributed by atoms with E-state index in [0.29, 0.717) is 16.8 Å². The number of aromatic nitrogens is 1. The lowest BCUT2D eigenvalue weighted by Crippen LogP contribution is -2.33. The molecular weight excluding hydrogens is 337 g/mol. The molecule has 2 amide bonds. The average molecular weight is 357 g/mol. The van der Waals surface area contributed by atoms with Crippen molar-refractivity contribution in [2.24, 2.45) is 0 Å². The number of nitrogens with one attached hydrogen (secondary N) is 1. The fraction of sp³-hybridized carbons (Fsp3) is 0.316. The van der Waals surface area contributed by atoms with Crippen molar-refractivity contribution in [1.82, 2.24) is 10.3 Å². The van der Waals surface area contributed by atoms with E-state index in [4.69, 9.17) is 4.74 Å². The van der Waals surface area contributed by atoms with Crippen LogP contribution in [0.2, 0.25) is 0 Å². The number of hydrogen-bond donors (Lipinski definition) is 1. The lowest BCUT2D eigenvalue weighted by Gasteiger charge is -2.14. The van der Waals surface area contributed by atoms with Gasteiger partial charge in [-0.1, -0.05) is 13.0 Å². The molecule has 0 spiro atoms. The predicted octanol–water partition coefficient (Wildman–Crippen LogP) is 2.91. The van der Waals surface area contributed by atoms with Gasteiger partial charge in [0.2, 0.25) is 5.91 Å². The number of cyclic esters (lactones) is 1. The van der Waals surface area contributed by atoms with Gasteiger partial charge in [0, 0.05) is 29.9 Å². The van der Waals surface area contributed by atoms with Gasteiger partial charge in [-0.15, -0.1) is 0 Å². The van der Waals surface area contributed by atoms with Crippen molar-refractivity contribution in [3.8, 4) is 11.1 Å². The Bertz CT molecular complexity index is 823. The van der Waals surface area contributed by atoms with Gasteiger partial charge in [-0.05, 0) is 30.7 Å². The van der Waals surface area contributed by atoms with E-state index in [1.807, 2.05) is 19.1 Å². The number of nitrogens with zero attached hydrogens (tertiary/aromatic N) is 2. The molecule has 0 aliphatic carbocycles. The Morgan fingerprint density at radius 1 is 1.38 bits per heavy atom. The molecule has 3 rings (SSSR count). The lowest BCUT2D eigenvalue weighted by atomic mass is 10.1. The van der Waals surface area contributed by atoms with Gasteiger partial charge in [-0.3, -0.25) is 14.7 Å². The molecule has 2 heterocycles. The number of ether oxygens (including phenoxy) is 1. The molecule has 1 N–H and O–H groups in total. The van der Waals surface area contributed by atoms with Crippen LogP contribution in [-0.2, 0) is 16.0 Å². The van der Waals surface area contributed by atoms with Gasteiger partial charge >= 0.3 is 6.09 Å². The van der Waals surface area contributed by atoms with E-state index < -0.39 is 18.0 Å². The van der Waals surface area contributed by atoms with E-state index in [2.05, 4.69) is 10.3 Å². The van der Waals surface area contributed by atoms with E-state index in [1.165, 1.54) is 17.9 Å². The quantitative estimate of drug-likeness (QED) is 0.893. The number of pyridine rings is 1. The van der Waals surface area contributed by atoms with Crippen LogP contribution < -0.4 is 10.2 Å². The number of carbonyl (C=O) groups excluding carboxylic acids is 2. The second-order valence-corrected chi connectivity index (χ2v) is 6.11. The van der Waals surface area contributed by atoms with Gasteiger partial charge in [0.05, 0.1) is 18.8 Å². The monoisotopic (exact) mass is 357 g/mol. The number of rotatable bonds is 5. The third-order valence-corrected chi connectivity index (χ3v) is 4.22. The topological polar surface area (TPSA) is 71.5 Å². The Hall–Kier alpha value is -2.96. The minimum Gasteiger partial charge on any atom is -0.442 e. The maximum absolute atomic E-state index is 14.6. The minimum absolute atomic E-state index is 0.197. The summed E-state index contributed by atoms with van der Waals surface area (Å²) in [6.07, 6.45) is 1.45. The summed E-state index contributed by atoms with van der Waals surface area (Å²) in [7, 11) is 0. The first-order valence-corrected chi connectivity index (χ1v) is 8.45. The van der Waals surface area contributed by atoms with E-state index in [-0.39, 0.29) is 19.0 Å². The molecule has 7 heteroatoms. The predicted molar refractivity (Wildman–Crippen MR) is 95.3 cm³/mol. The Labute approximate surface area is 151 Å². The first kappa shape index (κ1) is 17.8. The molecule has 0 saturated carbocycles. The molecule has 6 nitrogen and oxygen atoms in total. The van der Waals surface area contributed by atoms with Crippen LogP contribution in [-0.4, -0.2) is 36.2 Å². The molecule has 1 unspecified atom stereocenters. The average Bonchev–Trinajstić information content (AvgIpc) is 3.01. The highest BCUT2D eigenvalue weighted by molar-refractivity contribution is 5.90. The minimum atomic E-state index is -0.554. The van der Waals surface area contributed by atoms with Gasteiger partial charge < -0.3 is 10.1 Å². The Morgan fingerprint density at radius 2 is 2.19 bits per heavy atom. The van der Waals surface area contributed by atoms with Crippen molar-refractivity contribution in [3.05, 3.63) is 48.0 Å². The Balaban J connectivity index is 1.76. The summed E-state index contributed by atoms with van der Waals surface area (Å²) in [6, 6.07) is 8.31. The van der Waals surface area contributed by atoms with Crippen LogP contribution in [0.15, 0.2) is 36.5 Å². The van der Waals surface area contributed by atoms with Crippen LogP contribution in [0.5, 0.6) is 0 Å². The summed E-state index contributed by atoms with van der Waals surface area (Å²) >= 11 is 0. The van der Waals surface area contributed by atoms with Crippen molar-refractivity contribution in [2.75, 3.05) is 18.0 Å². The summed E-state index contributed by atoms with van der Waals surface area (Å²) in [4.78, 5) is 28.6. The van der Waals surface area contributed by atoms with Gasteiger partial charge in [0.1, 0.15) is 11.9 Å². The lowest BCUT2D eigenvalue weighted by molar-refractivity contribution is -0.119. The third kappa shape index (κ3) is 3.82. The second-order valence-electron chi connectivity index (χ2n) is 6.11. The van der Waals surface area contributed by atoms with Crippen molar-refractivity contribution in [3.63, 3.8) is 0 Å². The summed E-state index contributed by atoms with van der Waals surface area (Å²) in [6.45, 7) is 3.88. The molecule has 136 valence electrons. The standard InChI is InChI=1S/C19H20FN3O3/c1-3-14-5-4-13(9-22-14)17-7-6-15(8-18(17)20)23-11-16(26-19(23)25)10-21-12(2)24/h4-9,16H,3,10-11H2,1-2H3,(H,21,24). The summed E-state index contributed by atoms with van der Waals surface area (Å²) in [5.41, 5.74) is 2.46. The first-order valence-electron chi connectivity index (χ1n) is 8.45. The van der Waals surface area contributed by atoms with E-state index >= 15 is 0 Å². The number of amides is 2. The molecule has 26 heavy (non-hydrogen) atoms. The zero-order chi connectivity index (χ0) is 18.7.